The lowest BCUT2D eigenvalue weighted by Gasteiger charge is -2.01. The van der Waals surface area contributed by atoms with Crippen LogP contribution in [0, 0.1) is 11.3 Å². The first kappa shape index (κ1) is 11.7. The molecule has 0 radical (unpaired) electrons. The minimum Gasteiger partial charge on any atom is -0.285 e. The maximum absolute atomic E-state index is 8.93. The Balaban J connectivity index is 2.03. The second-order valence-corrected chi connectivity index (χ2v) is 4.62. The molecule has 0 spiro atoms. The van der Waals surface area contributed by atoms with Crippen LogP contribution in [0.2, 0.25) is 5.02 Å². The zero-order chi connectivity index (χ0) is 13.2. The Morgan fingerprint density at radius 1 is 1.21 bits per heavy atom. The fourth-order valence-corrected chi connectivity index (χ4v) is 2.17. The van der Waals surface area contributed by atoms with Gasteiger partial charge >= 0.3 is 0 Å². The van der Waals surface area contributed by atoms with E-state index in [1.54, 1.807) is 18.3 Å². The van der Waals surface area contributed by atoms with E-state index in [0.717, 1.165) is 17.0 Å². The Morgan fingerprint density at radius 2 is 2.11 bits per heavy atom. The predicted octanol–water partition coefficient (Wildman–Crippen LogP) is 2.85. The van der Waals surface area contributed by atoms with Gasteiger partial charge in [-0.25, -0.2) is 0 Å². The zero-order valence-electron chi connectivity index (χ0n) is 9.92. The molecule has 4 nitrogen and oxygen atoms in total. The maximum atomic E-state index is 8.93. The summed E-state index contributed by atoms with van der Waals surface area (Å²) in [6.45, 7) is 0. The molecule has 0 aliphatic heterocycles. The summed E-state index contributed by atoms with van der Waals surface area (Å²) in [5, 5.41) is 17.9. The highest BCUT2D eigenvalue weighted by atomic mass is 35.5. The van der Waals surface area contributed by atoms with Crippen molar-refractivity contribution >= 4 is 17.2 Å². The summed E-state index contributed by atoms with van der Waals surface area (Å²) in [6.07, 6.45) is 2.37. The number of hydrogen-bond acceptors (Lipinski definition) is 3. The van der Waals surface area contributed by atoms with Gasteiger partial charge in [0.05, 0.1) is 5.56 Å². The number of hydrogen-bond donors (Lipinski definition) is 0. The topological polar surface area (TPSA) is 54.0 Å². The normalized spacial score (nSPS) is 10.5. The van der Waals surface area contributed by atoms with E-state index in [2.05, 4.69) is 16.3 Å². The lowest BCUT2D eigenvalue weighted by Crippen LogP contribution is -1.97. The molecule has 5 heteroatoms. The largest absolute Gasteiger partial charge is 0.285 e. The van der Waals surface area contributed by atoms with Crippen LogP contribution in [0.4, 0.5) is 0 Å². The highest BCUT2D eigenvalue weighted by molar-refractivity contribution is 6.30. The lowest BCUT2D eigenvalue weighted by atomic mass is 10.1. The van der Waals surface area contributed by atoms with Crippen molar-refractivity contribution in [1.29, 1.82) is 5.26 Å². The first-order valence-corrected chi connectivity index (χ1v) is 6.12. The summed E-state index contributed by atoms with van der Waals surface area (Å²) in [5.74, 6) is 0.786. The van der Waals surface area contributed by atoms with Gasteiger partial charge in [-0.2, -0.15) is 5.26 Å². The molecule has 3 rings (SSSR count). The van der Waals surface area contributed by atoms with Gasteiger partial charge in [0.1, 0.15) is 11.9 Å². The van der Waals surface area contributed by atoms with Gasteiger partial charge in [-0.15, -0.1) is 10.2 Å². The van der Waals surface area contributed by atoms with Crippen LogP contribution in [0.5, 0.6) is 0 Å². The third-order valence-corrected chi connectivity index (χ3v) is 3.09. The van der Waals surface area contributed by atoms with Gasteiger partial charge in [0.2, 0.25) is 0 Å². The highest BCUT2D eigenvalue weighted by Gasteiger charge is 2.07. The molecule has 0 saturated carbocycles. The monoisotopic (exact) mass is 268 g/mol. The first-order chi connectivity index (χ1) is 9.26. The van der Waals surface area contributed by atoms with Crippen molar-refractivity contribution in [3.05, 3.63) is 64.6 Å². The van der Waals surface area contributed by atoms with Crippen molar-refractivity contribution in [1.82, 2.24) is 14.6 Å². The zero-order valence-corrected chi connectivity index (χ0v) is 10.7. The van der Waals surface area contributed by atoms with E-state index in [4.69, 9.17) is 16.9 Å². The Bertz CT molecular complexity index is 785. The molecule has 0 saturated heterocycles. The van der Waals surface area contributed by atoms with E-state index in [0.29, 0.717) is 17.0 Å². The van der Waals surface area contributed by atoms with Crippen molar-refractivity contribution in [3.63, 3.8) is 0 Å². The van der Waals surface area contributed by atoms with Crippen LogP contribution in [0.25, 0.3) is 5.65 Å². The minimum atomic E-state index is 0.583. The number of nitriles is 1. The number of rotatable bonds is 2. The standard InChI is InChI=1S/C14H9ClN4/c15-12-3-1-2-10(6-12)7-14-18-17-13-5-4-11(8-16)9-19(13)14/h1-6,9H,7H2. The Kier molecular flexibility index (Phi) is 2.90. The smallest absolute Gasteiger partial charge is 0.160 e. The molecule has 0 unspecified atom stereocenters. The van der Waals surface area contributed by atoms with E-state index in [1.165, 1.54) is 0 Å². The number of fused-ring (bicyclic) bond motifs is 1. The minimum absolute atomic E-state index is 0.583. The molecule has 1 aromatic carbocycles. The van der Waals surface area contributed by atoms with Crippen LogP contribution in [-0.2, 0) is 6.42 Å². The first-order valence-electron chi connectivity index (χ1n) is 5.74. The maximum Gasteiger partial charge on any atom is 0.160 e. The average molecular weight is 269 g/mol. The van der Waals surface area contributed by atoms with Crippen LogP contribution >= 0.6 is 11.6 Å². The number of pyridine rings is 1. The number of nitrogens with zero attached hydrogens (tertiary/aromatic N) is 4. The molecule has 0 aliphatic carbocycles. The molecule has 2 heterocycles. The van der Waals surface area contributed by atoms with E-state index in [9.17, 15) is 0 Å². The molecule has 19 heavy (non-hydrogen) atoms. The van der Waals surface area contributed by atoms with Crippen LogP contribution in [0.15, 0.2) is 42.6 Å². The van der Waals surface area contributed by atoms with E-state index >= 15 is 0 Å². The van der Waals surface area contributed by atoms with E-state index in [-0.39, 0.29) is 0 Å². The molecule has 0 amide bonds. The second-order valence-electron chi connectivity index (χ2n) is 4.18. The molecular weight excluding hydrogens is 260 g/mol. The molecule has 0 bridgehead atoms. The van der Waals surface area contributed by atoms with E-state index < -0.39 is 0 Å². The summed E-state index contributed by atoms with van der Waals surface area (Å²) >= 11 is 5.97. The van der Waals surface area contributed by atoms with Gasteiger partial charge in [-0.3, -0.25) is 4.40 Å². The molecule has 0 fully saturated rings. The summed E-state index contributed by atoms with van der Waals surface area (Å²) in [7, 11) is 0. The third-order valence-electron chi connectivity index (χ3n) is 2.85. The van der Waals surface area contributed by atoms with Crippen LogP contribution < -0.4 is 0 Å². The Morgan fingerprint density at radius 3 is 2.89 bits per heavy atom. The summed E-state index contributed by atoms with van der Waals surface area (Å²) in [4.78, 5) is 0. The van der Waals surface area contributed by atoms with Gasteiger partial charge in [0.15, 0.2) is 5.65 Å². The quantitative estimate of drug-likeness (QED) is 0.718. The molecular formula is C14H9ClN4. The molecule has 0 atom stereocenters. The molecule has 0 aliphatic rings. The Hall–Kier alpha value is -2.38. The van der Waals surface area contributed by atoms with Gasteiger partial charge < -0.3 is 0 Å². The number of benzene rings is 1. The average Bonchev–Trinajstić information content (AvgIpc) is 2.81. The van der Waals surface area contributed by atoms with E-state index in [1.807, 2.05) is 28.7 Å². The summed E-state index contributed by atoms with van der Waals surface area (Å²) in [6, 6.07) is 13.3. The molecule has 2 aromatic heterocycles. The van der Waals surface area contributed by atoms with Crippen molar-refractivity contribution in [2.24, 2.45) is 0 Å². The summed E-state index contributed by atoms with van der Waals surface area (Å²) in [5.41, 5.74) is 2.37. The van der Waals surface area contributed by atoms with Gasteiger partial charge in [-0.05, 0) is 29.8 Å². The van der Waals surface area contributed by atoms with Crippen molar-refractivity contribution in [3.8, 4) is 6.07 Å². The second kappa shape index (κ2) is 4.71. The van der Waals surface area contributed by atoms with Crippen molar-refractivity contribution < 1.29 is 0 Å². The van der Waals surface area contributed by atoms with Gasteiger partial charge in [0, 0.05) is 17.6 Å². The molecule has 0 N–H and O–H groups in total. The van der Waals surface area contributed by atoms with Gasteiger partial charge in [0.25, 0.3) is 0 Å². The highest BCUT2D eigenvalue weighted by Crippen LogP contribution is 2.15. The van der Waals surface area contributed by atoms with Crippen molar-refractivity contribution in [2.45, 2.75) is 6.42 Å². The Labute approximate surface area is 114 Å². The molecule has 92 valence electrons. The van der Waals surface area contributed by atoms with Crippen LogP contribution in [0.3, 0.4) is 0 Å². The van der Waals surface area contributed by atoms with Crippen LogP contribution in [-0.4, -0.2) is 14.6 Å². The number of aromatic nitrogens is 3. The SMILES string of the molecule is N#Cc1ccc2nnc(Cc3cccc(Cl)c3)n2c1. The summed E-state index contributed by atoms with van der Waals surface area (Å²) < 4.78 is 1.83. The molecule has 3 aromatic rings. The third kappa shape index (κ3) is 2.28. The van der Waals surface area contributed by atoms with Crippen LogP contribution in [0.1, 0.15) is 17.0 Å². The van der Waals surface area contributed by atoms with Crippen molar-refractivity contribution in [2.75, 3.05) is 0 Å². The fraction of sp³-hybridized carbons (Fsp3) is 0.0714. The fourth-order valence-electron chi connectivity index (χ4n) is 1.95. The van der Waals surface area contributed by atoms with Gasteiger partial charge in [-0.1, -0.05) is 23.7 Å². The number of halogens is 1. The predicted molar refractivity (Wildman–Crippen MR) is 72.0 cm³/mol. The lowest BCUT2D eigenvalue weighted by molar-refractivity contribution is 0.933.